The minimum absolute atomic E-state index is 0.0741. The Hall–Kier alpha value is -3.02. The average Bonchev–Trinajstić information content (AvgIpc) is 3.08. The van der Waals surface area contributed by atoms with Crippen LogP contribution in [0.2, 0.25) is 0 Å². The van der Waals surface area contributed by atoms with E-state index in [1.54, 1.807) is 4.90 Å². The molecule has 2 fully saturated rings. The number of anilines is 2. The number of nitrogens with zero attached hydrogens (tertiary/aromatic N) is 2. The Bertz CT molecular complexity index is 832. The molecule has 29 heavy (non-hydrogen) atoms. The zero-order valence-corrected chi connectivity index (χ0v) is 16.6. The molecule has 2 saturated heterocycles. The molecule has 0 aromatic heterocycles. The van der Waals surface area contributed by atoms with Gasteiger partial charge in [0.2, 0.25) is 5.91 Å². The van der Waals surface area contributed by atoms with Crippen LogP contribution in [0.4, 0.5) is 16.2 Å². The summed E-state index contributed by atoms with van der Waals surface area (Å²) in [6.45, 7) is 3.32. The van der Waals surface area contributed by atoms with Gasteiger partial charge in [0.05, 0.1) is 6.04 Å². The molecule has 0 saturated carbocycles. The van der Waals surface area contributed by atoms with Gasteiger partial charge in [0.1, 0.15) is 0 Å². The van der Waals surface area contributed by atoms with Gasteiger partial charge < -0.3 is 20.4 Å². The molecule has 0 bridgehead atoms. The lowest BCUT2D eigenvalue weighted by atomic mass is 10.1. The highest BCUT2D eigenvalue weighted by molar-refractivity contribution is 5.90. The molecule has 0 aliphatic carbocycles. The number of rotatable bonds is 5. The molecule has 2 N–H and O–H groups in total. The van der Waals surface area contributed by atoms with E-state index in [2.05, 4.69) is 27.7 Å². The first kappa shape index (κ1) is 19.3. The number of amides is 3. The quantitative estimate of drug-likeness (QED) is 0.817. The van der Waals surface area contributed by atoms with Gasteiger partial charge in [0, 0.05) is 44.0 Å². The van der Waals surface area contributed by atoms with Crippen molar-refractivity contribution < 1.29 is 9.59 Å². The van der Waals surface area contributed by atoms with E-state index in [1.807, 2.05) is 42.5 Å². The highest BCUT2D eigenvalue weighted by atomic mass is 16.2. The second kappa shape index (κ2) is 8.99. The van der Waals surface area contributed by atoms with Gasteiger partial charge in [-0.2, -0.15) is 0 Å². The molecular formula is C23H28N4O2. The van der Waals surface area contributed by atoms with E-state index in [-0.39, 0.29) is 18.0 Å². The first-order valence-electron chi connectivity index (χ1n) is 10.4. The Kier molecular flexibility index (Phi) is 5.98. The Labute approximate surface area is 171 Å². The van der Waals surface area contributed by atoms with E-state index in [9.17, 15) is 9.59 Å². The number of likely N-dealkylation sites (tertiary alicyclic amines) is 1. The number of hydrogen-bond donors (Lipinski definition) is 2. The van der Waals surface area contributed by atoms with Crippen LogP contribution >= 0.6 is 0 Å². The van der Waals surface area contributed by atoms with E-state index in [0.29, 0.717) is 19.5 Å². The summed E-state index contributed by atoms with van der Waals surface area (Å²) < 4.78 is 0. The molecule has 6 heteroatoms. The fourth-order valence-corrected chi connectivity index (χ4v) is 4.09. The van der Waals surface area contributed by atoms with Crippen molar-refractivity contribution in [1.82, 2.24) is 10.2 Å². The molecule has 2 aromatic carbocycles. The third kappa shape index (κ3) is 5.08. The molecule has 0 radical (unpaired) electrons. The molecule has 2 aliphatic heterocycles. The fraction of sp³-hybridized carbons (Fsp3) is 0.391. The molecule has 1 atom stereocenters. The van der Waals surface area contributed by atoms with Gasteiger partial charge in [0.25, 0.3) is 0 Å². The largest absolute Gasteiger partial charge is 0.372 e. The maximum absolute atomic E-state index is 12.4. The number of nitrogens with one attached hydrogen (secondary N) is 2. The molecule has 3 amide bonds. The predicted octanol–water partition coefficient (Wildman–Crippen LogP) is 3.60. The maximum Gasteiger partial charge on any atom is 0.319 e. The second-order valence-electron chi connectivity index (χ2n) is 7.85. The standard InChI is InChI=1S/C23H28N4O2/c28-22-15-20(17-27(22)16-18-7-3-1-4-8-18)25-23(29)24-19-9-11-21(12-10-19)26-13-5-2-6-14-26/h1,3-4,7-12,20H,2,5-6,13-17H2,(H2,24,25,29). The SMILES string of the molecule is O=C(Nc1ccc(N2CCCCC2)cc1)NC1CC(=O)N(Cc2ccccc2)C1. The number of piperidine rings is 1. The predicted molar refractivity (Wildman–Crippen MR) is 115 cm³/mol. The summed E-state index contributed by atoms with van der Waals surface area (Å²) in [5.41, 5.74) is 3.06. The van der Waals surface area contributed by atoms with Gasteiger partial charge in [-0.25, -0.2) is 4.79 Å². The zero-order chi connectivity index (χ0) is 20.1. The number of carbonyl (C=O) groups excluding carboxylic acids is 2. The summed E-state index contributed by atoms with van der Waals surface area (Å²) in [7, 11) is 0. The van der Waals surface area contributed by atoms with Gasteiger partial charge >= 0.3 is 6.03 Å². The summed E-state index contributed by atoms with van der Waals surface area (Å²) in [4.78, 5) is 28.8. The molecule has 2 aromatic rings. The number of benzene rings is 2. The van der Waals surface area contributed by atoms with Crippen LogP contribution in [-0.2, 0) is 11.3 Å². The topological polar surface area (TPSA) is 64.7 Å². The van der Waals surface area contributed by atoms with Crippen molar-refractivity contribution in [2.45, 2.75) is 38.3 Å². The van der Waals surface area contributed by atoms with Crippen LogP contribution in [0.5, 0.6) is 0 Å². The van der Waals surface area contributed by atoms with Gasteiger partial charge in [-0.05, 0) is 49.1 Å². The van der Waals surface area contributed by atoms with Gasteiger partial charge in [-0.1, -0.05) is 30.3 Å². The van der Waals surface area contributed by atoms with E-state index in [1.165, 1.54) is 24.9 Å². The first-order chi connectivity index (χ1) is 14.2. The van der Waals surface area contributed by atoms with E-state index >= 15 is 0 Å². The number of urea groups is 1. The van der Waals surface area contributed by atoms with E-state index < -0.39 is 0 Å². The lowest BCUT2D eigenvalue weighted by molar-refractivity contribution is -0.128. The first-order valence-corrected chi connectivity index (χ1v) is 10.4. The molecule has 6 nitrogen and oxygen atoms in total. The highest BCUT2D eigenvalue weighted by Crippen LogP contribution is 2.22. The van der Waals surface area contributed by atoms with Gasteiger partial charge in [0.15, 0.2) is 0 Å². The Balaban J connectivity index is 1.27. The summed E-state index contributed by atoms with van der Waals surface area (Å²) in [5, 5.41) is 5.81. The maximum atomic E-state index is 12.4. The molecule has 152 valence electrons. The van der Waals surface area contributed by atoms with Crippen molar-refractivity contribution in [3.05, 3.63) is 60.2 Å². The molecule has 0 spiro atoms. The van der Waals surface area contributed by atoms with E-state index in [4.69, 9.17) is 0 Å². The van der Waals surface area contributed by atoms with Crippen molar-refractivity contribution in [2.24, 2.45) is 0 Å². The monoisotopic (exact) mass is 392 g/mol. The van der Waals surface area contributed by atoms with Crippen molar-refractivity contribution in [3.8, 4) is 0 Å². The van der Waals surface area contributed by atoms with Crippen molar-refractivity contribution in [1.29, 1.82) is 0 Å². The fourth-order valence-electron chi connectivity index (χ4n) is 4.09. The summed E-state index contributed by atoms with van der Waals surface area (Å²) in [5.74, 6) is 0.0741. The number of hydrogen-bond acceptors (Lipinski definition) is 3. The van der Waals surface area contributed by atoms with Crippen LogP contribution in [0.25, 0.3) is 0 Å². The summed E-state index contributed by atoms with van der Waals surface area (Å²) in [6, 6.07) is 17.5. The van der Waals surface area contributed by atoms with Crippen LogP contribution in [0.3, 0.4) is 0 Å². The smallest absolute Gasteiger partial charge is 0.319 e. The Morgan fingerprint density at radius 3 is 2.41 bits per heavy atom. The molecule has 2 aliphatic rings. The van der Waals surface area contributed by atoms with Gasteiger partial charge in [-0.3, -0.25) is 4.79 Å². The van der Waals surface area contributed by atoms with Crippen LogP contribution in [-0.4, -0.2) is 42.5 Å². The number of carbonyl (C=O) groups is 2. The average molecular weight is 393 g/mol. The molecule has 1 unspecified atom stereocenters. The Morgan fingerprint density at radius 2 is 1.69 bits per heavy atom. The normalized spacial score (nSPS) is 19.3. The lowest BCUT2D eigenvalue weighted by Gasteiger charge is -2.28. The van der Waals surface area contributed by atoms with Gasteiger partial charge in [-0.15, -0.1) is 0 Å². The minimum atomic E-state index is -0.268. The van der Waals surface area contributed by atoms with Crippen LogP contribution < -0.4 is 15.5 Å². The lowest BCUT2D eigenvalue weighted by Crippen LogP contribution is -2.39. The third-order valence-corrected chi connectivity index (χ3v) is 5.61. The van der Waals surface area contributed by atoms with Crippen LogP contribution in [0.15, 0.2) is 54.6 Å². The van der Waals surface area contributed by atoms with E-state index in [0.717, 1.165) is 24.3 Å². The molecule has 4 rings (SSSR count). The van der Waals surface area contributed by atoms with Crippen LogP contribution in [0, 0.1) is 0 Å². The summed E-state index contributed by atoms with van der Waals surface area (Å²) >= 11 is 0. The van der Waals surface area contributed by atoms with Crippen molar-refractivity contribution in [2.75, 3.05) is 29.9 Å². The minimum Gasteiger partial charge on any atom is -0.372 e. The molecular weight excluding hydrogens is 364 g/mol. The molecule has 2 heterocycles. The van der Waals surface area contributed by atoms with Crippen molar-refractivity contribution >= 4 is 23.3 Å². The van der Waals surface area contributed by atoms with Crippen LogP contribution in [0.1, 0.15) is 31.2 Å². The summed E-state index contributed by atoms with van der Waals surface area (Å²) in [6.07, 6.45) is 4.13. The van der Waals surface area contributed by atoms with Crippen molar-refractivity contribution in [3.63, 3.8) is 0 Å². The second-order valence-corrected chi connectivity index (χ2v) is 7.85. The third-order valence-electron chi connectivity index (χ3n) is 5.61. The zero-order valence-electron chi connectivity index (χ0n) is 16.6. The highest BCUT2D eigenvalue weighted by Gasteiger charge is 2.30. The Morgan fingerprint density at radius 1 is 0.966 bits per heavy atom.